The van der Waals surface area contributed by atoms with E-state index < -0.39 is 6.23 Å². The molecule has 8 nitrogen and oxygen atoms in total. The van der Waals surface area contributed by atoms with Crippen LogP contribution in [0.2, 0.25) is 5.02 Å². The van der Waals surface area contributed by atoms with Gasteiger partial charge < -0.3 is 10.4 Å². The van der Waals surface area contributed by atoms with E-state index in [-0.39, 0.29) is 12.1 Å². The maximum Gasteiger partial charge on any atom is 0.334 e. The quantitative estimate of drug-likeness (QED) is 0.246. The Morgan fingerprint density at radius 2 is 2.13 bits per heavy atom. The van der Waals surface area contributed by atoms with Crippen LogP contribution in [0, 0.1) is 0 Å². The molecule has 9 heteroatoms. The van der Waals surface area contributed by atoms with Crippen molar-refractivity contribution in [1.82, 2.24) is 25.9 Å². The molecule has 5 rings (SSSR count). The number of aromatic nitrogens is 1. The number of allylic oxidation sites excluding steroid dienone is 2. The van der Waals surface area contributed by atoms with Crippen LogP contribution < -0.4 is 21.5 Å². The molecule has 1 aliphatic heterocycles. The van der Waals surface area contributed by atoms with E-state index in [9.17, 15) is 9.90 Å². The van der Waals surface area contributed by atoms with Crippen LogP contribution in [0.3, 0.4) is 0 Å². The van der Waals surface area contributed by atoms with Gasteiger partial charge in [0.15, 0.2) is 5.82 Å². The summed E-state index contributed by atoms with van der Waals surface area (Å²) in [7, 11) is 0. The number of nitrogens with zero attached hydrogens (tertiary/aromatic N) is 2. The third-order valence-corrected chi connectivity index (χ3v) is 8.18. The highest BCUT2D eigenvalue weighted by Gasteiger charge is 2.27. The lowest BCUT2D eigenvalue weighted by Crippen LogP contribution is -2.42. The predicted molar refractivity (Wildman–Crippen MR) is 151 cm³/mol. The summed E-state index contributed by atoms with van der Waals surface area (Å²) >= 11 is 6.44. The molecule has 2 aliphatic carbocycles. The number of anilines is 1. The van der Waals surface area contributed by atoms with Gasteiger partial charge in [-0.25, -0.2) is 9.78 Å². The molecule has 3 aliphatic rings. The van der Waals surface area contributed by atoms with Gasteiger partial charge in [0, 0.05) is 24.3 Å². The number of aryl methyl sites for hydroxylation is 1. The molecule has 0 radical (unpaired) electrons. The van der Waals surface area contributed by atoms with Crippen molar-refractivity contribution in [1.29, 1.82) is 0 Å². The Morgan fingerprint density at radius 3 is 2.97 bits per heavy atom. The van der Waals surface area contributed by atoms with Crippen LogP contribution in [-0.4, -0.2) is 46.7 Å². The Bertz CT molecular complexity index is 1220. The summed E-state index contributed by atoms with van der Waals surface area (Å²) in [5.41, 5.74) is 11.0. The van der Waals surface area contributed by atoms with Gasteiger partial charge in [-0.2, -0.15) is 0 Å². The summed E-state index contributed by atoms with van der Waals surface area (Å²) in [4.78, 5) is 19.7. The lowest BCUT2D eigenvalue weighted by molar-refractivity contribution is 0.125. The highest BCUT2D eigenvalue weighted by molar-refractivity contribution is 6.33. The number of aliphatic hydroxyl groups excluding tert-OH is 1. The molecule has 0 spiro atoms. The SMILES string of the molecule is CCN1CCC[C@@H]1CNC(O)c1cnc(NNC(=O)NC2C3=C(CCC=C3)CCc3ccccc32)c(Cl)c1. The smallest absolute Gasteiger partial charge is 0.334 e. The fraction of sp³-hybridized carbons (Fsp3) is 0.448. The molecule has 3 atom stereocenters. The molecule has 0 bridgehead atoms. The van der Waals surface area contributed by atoms with Crippen molar-refractivity contribution < 1.29 is 9.90 Å². The molecular formula is C29H37ClN6O2. The summed E-state index contributed by atoms with van der Waals surface area (Å²) in [6, 6.07) is 9.79. The van der Waals surface area contributed by atoms with E-state index in [1.807, 2.05) is 6.07 Å². The molecule has 5 N–H and O–H groups in total. The monoisotopic (exact) mass is 536 g/mol. The van der Waals surface area contributed by atoms with E-state index in [0.717, 1.165) is 50.8 Å². The molecule has 1 aromatic carbocycles. The summed E-state index contributed by atoms with van der Waals surface area (Å²) in [5.74, 6) is 0.310. The Labute approximate surface area is 229 Å². The minimum Gasteiger partial charge on any atom is -0.374 e. The third kappa shape index (κ3) is 6.04. The van der Waals surface area contributed by atoms with E-state index in [2.05, 4.69) is 68.6 Å². The average Bonchev–Trinajstić information content (AvgIpc) is 3.34. The predicted octanol–water partition coefficient (Wildman–Crippen LogP) is 4.76. The standard InChI is InChI=1S/C29H37ClN6O2/c1-2-36-15-7-10-22(36)18-32-28(37)21-16-25(30)27(31-17-21)34-35-29(38)33-26-23-11-5-3-8-19(23)13-14-20-9-4-6-12-24(20)26/h3,5-6,8,11-12,16-17,22,26,28,32,37H,2,4,7,9-10,13-15,18H2,1H3,(H,31,34)(H2,33,35,38)/t22-,26?,28?/m1/s1. The van der Waals surface area contributed by atoms with Crippen LogP contribution >= 0.6 is 11.6 Å². The van der Waals surface area contributed by atoms with Crippen molar-refractivity contribution in [2.75, 3.05) is 25.1 Å². The summed E-state index contributed by atoms with van der Waals surface area (Å²) < 4.78 is 0. The molecule has 2 aromatic rings. The van der Waals surface area contributed by atoms with E-state index >= 15 is 0 Å². The Kier molecular flexibility index (Phi) is 8.64. The van der Waals surface area contributed by atoms with Gasteiger partial charge in [-0.15, -0.1) is 0 Å². The summed E-state index contributed by atoms with van der Waals surface area (Å²) in [5, 5.41) is 17.2. The number of carbonyl (C=O) groups is 1. The zero-order valence-corrected chi connectivity index (χ0v) is 22.6. The lowest BCUT2D eigenvalue weighted by atomic mass is 9.89. The molecule has 1 saturated heterocycles. The van der Waals surface area contributed by atoms with Crippen LogP contribution in [0.1, 0.15) is 68.0 Å². The Balaban J connectivity index is 1.20. The molecule has 2 amide bonds. The first kappa shape index (κ1) is 26.7. The van der Waals surface area contributed by atoms with Gasteiger partial charge in [0.2, 0.25) is 0 Å². The van der Waals surface area contributed by atoms with E-state index in [0.29, 0.717) is 29.0 Å². The first-order valence-corrected chi connectivity index (χ1v) is 14.0. The number of hydrogen-bond acceptors (Lipinski definition) is 6. The Morgan fingerprint density at radius 1 is 1.26 bits per heavy atom. The number of likely N-dealkylation sites (N-methyl/N-ethyl adjacent to an activating group) is 1. The molecule has 2 unspecified atom stereocenters. The maximum atomic E-state index is 13.0. The van der Waals surface area contributed by atoms with Gasteiger partial charge >= 0.3 is 6.03 Å². The number of pyridine rings is 1. The average molecular weight is 537 g/mol. The molecule has 1 fully saturated rings. The zero-order chi connectivity index (χ0) is 26.5. The summed E-state index contributed by atoms with van der Waals surface area (Å²) in [6.45, 7) is 4.98. The molecule has 38 heavy (non-hydrogen) atoms. The number of likely N-dealkylation sites (tertiary alicyclic amines) is 1. The van der Waals surface area contributed by atoms with Crippen LogP contribution in [0.4, 0.5) is 10.6 Å². The normalized spacial score (nSPS) is 21.9. The number of fused-ring (bicyclic) bond motifs is 1. The minimum absolute atomic E-state index is 0.224. The van der Waals surface area contributed by atoms with Crippen molar-refractivity contribution in [2.24, 2.45) is 0 Å². The summed E-state index contributed by atoms with van der Waals surface area (Å²) in [6.07, 6.45) is 11.4. The maximum absolute atomic E-state index is 13.0. The topological polar surface area (TPSA) is 102 Å². The molecular weight excluding hydrogens is 500 g/mol. The largest absolute Gasteiger partial charge is 0.374 e. The first-order chi connectivity index (χ1) is 18.5. The number of halogens is 1. The fourth-order valence-electron chi connectivity index (χ4n) is 5.84. The zero-order valence-electron chi connectivity index (χ0n) is 21.8. The number of nitrogens with one attached hydrogen (secondary N) is 4. The van der Waals surface area contributed by atoms with Gasteiger partial charge in [-0.1, -0.05) is 60.5 Å². The van der Waals surface area contributed by atoms with Crippen LogP contribution in [0.15, 0.2) is 59.8 Å². The molecule has 202 valence electrons. The number of rotatable bonds is 8. The number of amides is 2. The number of hydrogen-bond donors (Lipinski definition) is 5. The van der Waals surface area contributed by atoms with Gasteiger partial charge in [0.1, 0.15) is 6.23 Å². The van der Waals surface area contributed by atoms with E-state index in [4.69, 9.17) is 11.6 Å². The lowest BCUT2D eigenvalue weighted by Gasteiger charge is -2.25. The van der Waals surface area contributed by atoms with E-state index in [1.165, 1.54) is 23.1 Å². The van der Waals surface area contributed by atoms with Gasteiger partial charge in [0.05, 0.1) is 11.1 Å². The highest BCUT2D eigenvalue weighted by atomic mass is 35.5. The molecule has 0 saturated carbocycles. The van der Waals surface area contributed by atoms with Crippen LogP contribution in [0.5, 0.6) is 0 Å². The number of aliphatic hydroxyl groups is 1. The Hall–Kier alpha value is -2.91. The second-order valence-corrected chi connectivity index (χ2v) is 10.6. The van der Waals surface area contributed by atoms with Crippen molar-refractivity contribution >= 4 is 23.4 Å². The molecule has 2 heterocycles. The minimum atomic E-state index is -0.870. The second kappa shape index (κ2) is 12.3. The number of hydrazine groups is 1. The number of benzene rings is 1. The van der Waals surface area contributed by atoms with Gasteiger partial charge in [0.25, 0.3) is 0 Å². The van der Waals surface area contributed by atoms with Crippen LogP contribution in [0.25, 0.3) is 0 Å². The van der Waals surface area contributed by atoms with Gasteiger partial charge in [-0.05, 0) is 74.4 Å². The van der Waals surface area contributed by atoms with Gasteiger partial charge in [-0.3, -0.25) is 21.1 Å². The fourth-order valence-corrected chi connectivity index (χ4v) is 6.06. The third-order valence-electron chi connectivity index (χ3n) is 7.89. The number of urea groups is 1. The van der Waals surface area contributed by atoms with Crippen molar-refractivity contribution in [3.63, 3.8) is 0 Å². The van der Waals surface area contributed by atoms with Crippen LogP contribution in [-0.2, 0) is 6.42 Å². The van der Waals surface area contributed by atoms with Crippen molar-refractivity contribution in [2.45, 2.75) is 63.8 Å². The highest BCUT2D eigenvalue weighted by Crippen LogP contribution is 2.37. The van der Waals surface area contributed by atoms with Crippen molar-refractivity contribution in [3.8, 4) is 0 Å². The first-order valence-electron chi connectivity index (χ1n) is 13.6. The number of carbonyl (C=O) groups excluding carboxylic acids is 1. The molecule has 1 aromatic heterocycles. The second-order valence-electron chi connectivity index (χ2n) is 10.2. The van der Waals surface area contributed by atoms with Crippen molar-refractivity contribution in [3.05, 3.63) is 81.5 Å². The van der Waals surface area contributed by atoms with E-state index in [1.54, 1.807) is 12.3 Å².